The van der Waals surface area contributed by atoms with Gasteiger partial charge >= 0.3 is 0 Å². The molecule has 2 aromatic rings. The molecule has 0 aromatic carbocycles. The summed E-state index contributed by atoms with van der Waals surface area (Å²) in [5.41, 5.74) is 3.77. The highest BCUT2D eigenvalue weighted by Crippen LogP contribution is 2.32. The van der Waals surface area contributed by atoms with Crippen molar-refractivity contribution in [3.05, 3.63) is 26.9 Å². The van der Waals surface area contributed by atoms with Gasteiger partial charge in [-0.25, -0.2) is 4.98 Å². The minimum Gasteiger partial charge on any atom is -0.310 e. The maximum atomic E-state index is 4.68. The van der Waals surface area contributed by atoms with Crippen LogP contribution in [-0.2, 0) is 6.54 Å². The zero-order valence-electron chi connectivity index (χ0n) is 10.7. The molecule has 0 unspecified atom stereocenters. The molecule has 92 valence electrons. The molecule has 17 heavy (non-hydrogen) atoms. The molecule has 1 N–H and O–H groups in total. The highest BCUT2D eigenvalue weighted by molar-refractivity contribution is 7.15. The quantitative estimate of drug-likeness (QED) is 0.905. The summed E-state index contributed by atoms with van der Waals surface area (Å²) in [6, 6.07) is 0.517. The molecule has 2 aromatic heterocycles. The van der Waals surface area contributed by atoms with E-state index in [1.165, 1.54) is 16.0 Å². The van der Waals surface area contributed by atoms with Crippen LogP contribution in [-0.4, -0.2) is 11.0 Å². The summed E-state index contributed by atoms with van der Waals surface area (Å²) in [4.78, 5) is 6.02. The van der Waals surface area contributed by atoms with Gasteiger partial charge in [-0.2, -0.15) is 11.3 Å². The van der Waals surface area contributed by atoms with Crippen LogP contribution in [0.15, 0.2) is 10.8 Å². The number of thiazole rings is 1. The Labute approximate surface area is 111 Å². The molecule has 0 fully saturated rings. The second-order valence-electron chi connectivity index (χ2n) is 4.53. The van der Waals surface area contributed by atoms with E-state index in [4.69, 9.17) is 0 Å². The van der Waals surface area contributed by atoms with Crippen LogP contribution < -0.4 is 5.32 Å². The second kappa shape index (κ2) is 5.29. The highest BCUT2D eigenvalue weighted by Gasteiger charge is 2.11. The number of nitrogens with one attached hydrogen (secondary N) is 1. The Morgan fingerprint density at radius 3 is 2.65 bits per heavy atom. The average molecular weight is 266 g/mol. The first-order chi connectivity index (χ1) is 8.08. The Balaban J connectivity index is 2.22. The van der Waals surface area contributed by atoms with Gasteiger partial charge in [0.1, 0.15) is 5.01 Å². The molecule has 0 aliphatic heterocycles. The molecule has 0 bridgehead atoms. The van der Waals surface area contributed by atoms with E-state index in [0.29, 0.717) is 6.04 Å². The Morgan fingerprint density at radius 1 is 1.29 bits per heavy atom. The highest BCUT2D eigenvalue weighted by atomic mass is 32.1. The van der Waals surface area contributed by atoms with Gasteiger partial charge in [0, 0.05) is 28.4 Å². The lowest BCUT2D eigenvalue weighted by Crippen LogP contribution is -2.21. The Morgan fingerprint density at radius 2 is 2.06 bits per heavy atom. The van der Waals surface area contributed by atoms with E-state index in [9.17, 15) is 0 Å². The summed E-state index contributed by atoms with van der Waals surface area (Å²) in [6.07, 6.45) is 0. The lowest BCUT2D eigenvalue weighted by molar-refractivity contribution is 0.591. The van der Waals surface area contributed by atoms with Crippen molar-refractivity contribution in [2.24, 2.45) is 0 Å². The summed E-state index contributed by atoms with van der Waals surface area (Å²) in [6.45, 7) is 9.50. The predicted octanol–water partition coefficient (Wildman–Crippen LogP) is 3.99. The SMILES string of the molecule is Cc1cscc1-c1nc(C)c(CNC(C)C)s1. The van der Waals surface area contributed by atoms with Gasteiger partial charge in [0.15, 0.2) is 0 Å². The maximum Gasteiger partial charge on any atom is 0.125 e. The zero-order chi connectivity index (χ0) is 12.4. The van der Waals surface area contributed by atoms with Crippen LogP contribution in [0.3, 0.4) is 0 Å². The summed E-state index contributed by atoms with van der Waals surface area (Å²) in [7, 11) is 0. The van der Waals surface area contributed by atoms with Crippen LogP contribution in [0.2, 0.25) is 0 Å². The number of aryl methyl sites for hydroxylation is 2. The van der Waals surface area contributed by atoms with Crippen molar-refractivity contribution in [1.29, 1.82) is 0 Å². The largest absolute Gasteiger partial charge is 0.310 e. The number of nitrogens with zero attached hydrogens (tertiary/aromatic N) is 1. The predicted molar refractivity (Wildman–Crippen MR) is 76.9 cm³/mol. The van der Waals surface area contributed by atoms with E-state index < -0.39 is 0 Å². The van der Waals surface area contributed by atoms with Gasteiger partial charge in [-0.1, -0.05) is 13.8 Å². The minimum absolute atomic E-state index is 0.517. The van der Waals surface area contributed by atoms with Crippen LogP contribution in [0, 0.1) is 13.8 Å². The van der Waals surface area contributed by atoms with E-state index in [0.717, 1.165) is 17.2 Å². The maximum absolute atomic E-state index is 4.68. The van der Waals surface area contributed by atoms with Crippen molar-refractivity contribution in [3.8, 4) is 10.6 Å². The average Bonchev–Trinajstić information content (AvgIpc) is 2.82. The molecule has 0 saturated heterocycles. The third-order valence-electron chi connectivity index (χ3n) is 2.65. The molecule has 0 atom stereocenters. The first-order valence-electron chi connectivity index (χ1n) is 5.80. The van der Waals surface area contributed by atoms with Gasteiger partial charge < -0.3 is 5.32 Å². The molecule has 0 aliphatic carbocycles. The Bertz CT molecular complexity index is 497. The van der Waals surface area contributed by atoms with Crippen molar-refractivity contribution >= 4 is 22.7 Å². The fourth-order valence-electron chi connectivity index (χ4n) is 1.58. The molecule has 0 radical (unpaired) electrons. The third kappa shape index (κ3) is 2.94. The van der Waals surface area contributed by atoms with Crippen molar-refractivity contribution in [2.75, 3.05) is 0 Å². The number of hydrogen-bond acceptors (Lipinski definition) is 4. The van der Waals surface area contributed by atoms with E-state index in [2.05, 4.69) is 48.8 Å². The van der Waals surface area contributed by atoms with Crippen LogP contribution in [0.25, 0.3) is 10.6 Å². The van der Waals surface area contributed by atoms with Gasteiger partial charge in [-0.15, -0.1) is 11.3 Å². The van der Waals surface area contributed by atoms with Gasteiger partial charge in [0.05, 0.1) is 5.69 Å². The first-order valence-corrected chi connectivity index (χ1v) is 7.56. The standard InChI is InChI=1S/C13H18N2S2/c1-8(2)14-5-12-10(4)15-13(17-12)11-7-16-6-9(11)3/h6-8,14H,5H2,1-4H3. The van der Waals surface area contributed by atoms with Gasteiger partial charge in [-0.3, -0.25) is 0 Å². The smallest absolute Gasteiger partial charge is 0.125 e. The van der Waals surface area contributed by atoms with Crippen LogP contribution in [0.5, 0.6) is 0 Å². The lowest BCUT2D eigenvalue weighted by Gasteiger charge is -2.05. The molecule has 0 saturated carbocycles. The molecule has 2 heterocycles. The minimum atomic E-state index is 0.517. The monoisotopic (exact) mass is 266 g/mol. The number of hydrogen-bond donors (Lipinski definition) is 1. The van der Waals surface area contributed by atoms with Crippen molar-refractivity contribution < 1.29 is 0 Å². The Kier molecular flexibility index (Phi) is 3.97. The fraction of sp³-hybridized carbons (Fsp3) is 0.462. The van der Waals surface area contributed by atoms with E-state index in [1.54, 1.807) is 22.7 Å². The summed E-state index contributed by atoms with van der Waals surface area (Å²) in [5, 5.41) is 8.97. The van der Waals surface area contributed by atoms with Crippen LogP contribution >= 0.6 is 22.7 Å². The van der Waals surface area contributed by atoms with E-state index >= 15 is 0 Å². The molecule has 4 heteroatoms. The van der Waals surface area contributed by atoms with Crippen molar-refractivity contribution in [3.63, 3.8) is 0 Å². The third-order valence-corrected chi connectivity index (χ3v) is 4.70. The zero-order valence-corrected chi connectivity index (χ0v) is 12.3. The molecule has 0 aliphatic rings. The van der Waals surface area contributed by atoms with Gasteiger partial charge in [0.2, 0.25) is 0 Å². The number of aromatic nitrogens is 1. The summed E-state index contributed by atoms with van der Waals surface area (Å²) >= 11 is 3.55. The molecule has 2 rings (SSSR count). The Hall–Kier alpha value is -0.710. The van der Waals surface area contributed by atoms with Crippen molar-refractivity contribution in [2.45, 2.75) is 40.3 Å². The molecule has 0 amide bonds. The van der Waals surface area contributed by atoms with Gasteiger partial charge in [-0.05, 0) is 24.8 Å². The van der Waals surface area contributed by atoms with Crippen LogP contribution in [0.1, 0.15) is 30.0 Å². The molecule has 0 spiro atoms. The molecule has 2 nitrogen and oxygen atoms in total. The van der Waals surface area contributed by atoms with E-state index in [1.807, 2.05) is 0 Å². The van der Waals surface area contributed by atoms with Crippen molar-refractivity contribution in [1.82, 2.24) is 10.3 Å². The summed E-state index contributed by atoms with van der Waals surface area (Å²) in [5.74, 6) is 0. The lowest BCUT2D eigenvalue weighted by atomic mass is 10.2. The molecular weight excluding hydrogens is 248 g/mol. The number of rotatable bonds is 4. The molecular formula is C13H18N2S2. The fourth-order valence-corrected chi connectivity index (χ4v) is 3.59. The normalized spacial score (nSPS) is 11.4. The number of thiophene rings is 1. The first kappa shape index (κ1) is 12.7. The summed E-state index contributed by atoms with van der Waals surface area (Å²) < 4.78 is 0. The van der Waals surface area contributed by atoms with Gasteiger partial charge in [0.25, 0.3) is 0 Å². The van der Waals surface area contributed by atoms with Crippen LogP contribution in [0.4, 0.5) is 0 Å². The topological polar surface area (TPSA) is 24.9 Å². The van der Waals surface area contributed by atoms with E-state index in [-0.39, 0.29) is 0 Å². The second-order valence-corrected chi connectivity index (χ2v) is 6.36.